The largest absolute Gasteiger partial charge is 0.383 e. The fourth-order valence-electron chi connectivity index (χ4n) is 3.99. The molecular formula is C23H24F2N4O2. The maximum atomic E-state index is 13.8. The van der Waals surface area contributed by atoms with Gasteiger partial charge >= 0.3 is 6.03 Å². The number of benzene rings is 2. The topological polar surface area (TPSA) is 66.5 Å². The Morgan fingerprint density at radius 3 is 2.81 bits per heavy atom. The van der Waals surface area contributed by atoms with E-state index in [2.05, 4.69) is 20.5 Å². The quantitative estimate of drug-likeness (QED) is 0.630. The van der Waals surface area contributed by atoms with Gasteiger partial charge in [0.25, 0.3) is 0 Å². The second kappa shape index (κ2) is 9.36. The van der Waals surface area contributed by atoms with Crippen LogP contribution in [0.3, 0.4) is 0 Å². The smallest absolute Gasteiger partial charge is 0.319 e. The summed E-state index contributed by atoms with van der Waals surface area (Å²) >= 11 is 0. The standard InChI is InChI=1S/C23H24F2N4O2/c1-31-9-8-29-13-18(15-6-7-19(24)20(25)11-15)22(14-29)28-23(30)27-17-10-16-4-2-3-5-21(16)26-12-17/h2-7,10-12,18,22H,8-9,13-14H2,1H3,(H2,27,28,30)/t18-,22+/m0/s1. The van der Waals surface area contributed by atoms with Gasteiger partial charge in [-0.15, -0.1) is 0 Å². The molecule has 0 saturated carbocycles. The number of hydrogen-bond acceptors (Lipinski definition) is 4. The first-order valence-electron chi connectivity index (χ1n) is 10.1. The number of rotatable bonds is 6. The Hall–Kier alpha value is -3.10. The van der Waals surface area contributed by atoms with E-state index in [-0.39, 0.29) is 18.0 Å². The zero-order valence-electron chi connectivity index (χ0n) is 17.1. The molecule has 1 fully saturated rings. The van der Waals surface area contributed by atoms with Gasteiger partial charge in [0.15, 0.2) is 11.6 Å². The molecule has 2 N–H and O–H groups in total. The molecule has 31 heavy (non-hydrogen) atoms. The monoisotopic (exact) mass is 426 g/mol. The molecule has 0 unspecified atom stereocenters. The van der Waals surface area contributed by atoms with Gasteiger partial charge in [0.05, 0.1) is 30.0 Å². The summed E-state index contributed by atoms with van der Waals surface area (Å²) in [6.45, 7) is 2.42. The molecule has 2 aromatic carbocycles. The number of halogens is 2. The lowest BCUT2D eigenvalue weighted by molar-refractivity contribution is 0.159. The highest BCUT2D eigenvalue weighted by Gasteiger charge is 2.35. The maximum Gasteiger partial charge on any atom is 0.319 e. The Morgan fingerprint density at radius 2 is 2.00 bits per heavy atom. The Labute approximate surface area is 179 Å². The van der Waals surface area contributed by atoms with Gasteiger partial charge in [-0.25, -0.2) is 13.6 Å². The number of aromatic nitrogens is 1. The minimum absolute atomic E-state index is 0.174. The number of pyridine rings is 1. The second-order valence-corrected chi connectivity index (χ2v) is 7.65. The molecule has 1 aromatic heterocycles. The summed E-state index contributed by atoms with van der Waals surface area (Å²) in [5.74, 6) is -1.95. The molecule has 4 rings (SSSR count). The number of nitrogens with one attached hydrogen (secondary N) is 2. The van der Waals surface area contributed by atoms with Crippen LogP contribution in [0.5, 0.6) is 0 Å². The van der Waals surface area contributed by atoms with Crippen molar-refractivity contribution in [2.24, 2.45) is 0 Å². The third kappa shape index (κ3) is 4.98. The summed E-state index contributed by atoms with van der Waals surface area (Å²) in [5, 5.41) is 6.73. The van der Waals surface area contributed by atoms with Crippen LogP contribution in [0.2, 0.25) is 0 Å². The van der Waals surface area contributed by atoms with E-state index < -0.39 is 11.6 Å². The summed E-state index contributed by atoms with van der Waals surface area (Å²) in [6, 6.07) is 12.8. The lowest BCUT2D eigenvalue weighted by Crippen LogP contribution is -2.42. The second-order valence-electron chi connectivity index (χ2n) is 7.65. The van der Waals surface area contributed by atoms with Gasteiger partial charge in [0, 0.05) is 38.0 Å². The van der Waals surface area contributed by atoms with Gasteiger partial charge in [-0.1, -0.05) is 24.3 Å². The van der Waals surface area contributed by atoms with Gasteiger partial charge in [-0.2, -0.15) is 0 Å². The van der Waals surface area contributed by atoms with Crippen molar-refractivity contribution in [3.05, 3.63) is 71.9 Å². The number of fused-ring (bicyclic) bond motifs is 1. The number of carbonyl (C=O) groups excluding carboxylic acids is 1. The summed E-state index contributed by atoms with van der Waals surface area (Å²) in [6.07, 6.45) is 1.61. The Morgan fingerprint density at radius 1 is 1.16 bits per heavy atom. The van der Waals surface area contributed by atoms with E-state index in [4.69, 9.17) is 4.74 Å². The van der Waals surface area contributed by atoms with Crippen molar-refractivity contribution < 1.29 is 18.3 Å². The van der Waals surface area contributed by atoms with E-state index in [0.717, 1.165) is 17.0 Å². The zero-order valence-corrected chi connectivity index (χ0v) is 17.1. The van der Waals surface area contributed by atoms with Crippen LogP contribution in [-0.4, -0.2) is 55.3 Å². The number of urea groups is 1. The summed E-state index contributed by atoms with van der Waals surface area (Å²) in [4.78, 5) is 19.2. The van der Waals surface area contributed by atoms with Gasteiger partial charge in [-0.3, -0.25) is 9.88 Å². The Kier molecular flexibility index (Phi) is 6.39. The van der Waals surface area contributed by atoms with Crippen LogP contribution in [0.15, 0.2) is 54.7 Å². The average molecular weight is 426 g/mol. The summed E-state index contributed by atoms with van der Waals surface area (Å²) < 4.78 is 32.4. The number of para-hydroxylation sites is 1. The molecule has 1 aliphatic rings. The zero-order chi connectivity index (χ0) is 21.8. The van der Waals surface area contributed by atoms with Crippen LogP contribution in [0.1, 0.15) is 11.5 Å². The number of nitrogens with zero attached hydrogens (tertiary/aromatic N) is 2. The molecule has 8 heteroatoms. The molecule has 0 radical (unpaired) electrons. The lowest BCUT2D eigenvalue weighted by Gasteiger charge is -2.21. The maximum absolute atomic E-state index is 13.8. The van der Waals surface area contributed by atoms with Crippen LogP contribution in [0, 0.1) is 11.6 Å². The van der Waals surface area contributed by atoms with Crippen molar-refractivity contribution in [3.8, 4) is 0 Å². The van der Waals surface area contributed by atoms with Crippen molar-refractivity contribution in [3.63, 3.8) is 0 Å². The Bertz CT molecular complexity index is 1080. The number of anilines is 1. The van der Waals surface area contributed by atoms with Crippen molar-refractivity contribution in [2.75, 3.05) is 38.7 Å². The number of ether oxygens (including phenoxy) is 1. The predicted octanol–water partition coefficient (Wildman–Crippen LogP) is 3.75. The highest BCUT2D eigenvalue weighted by Crippen LogP contribution is 2.29. The van der Waals surface area contributed by atoms with Crippen LogP contribution in [-0.2, 0) is 4.74 Å². The number of amides is 2. The molecule has 1 saturated heterocycles. The number of carbonyl (C=O) groups is 1. The SMILES string of the molecule is COCCN1C[C@@H](NC(=O)Nc2cnc3ccccc3c2)[C@H](c2ccc(F)c(F)c2)C1. The first-order chi connectivity index (χ1) is 15.0. The Balaban J connectivity index is 1.48. The van der Waals surface area contributed by atoms with Crippen LogP contribution in [0.4, 0.5) is 19.3 Å². The number of hydrogen-bond donors (Lipinski definition) is 2. The van der Waals surface area contributed by atoms with Crippen LogP contribution < -0.4 is 10.6 Å². The van der Waals surface area contributed by atoms with E-state index in [9.17, 15) is 13.6 Å². The minimum Gasteiger partial charge on any atom is -0.383 e. The number of methoxy groups -OCH3 is 1. The molecule has 6 nitrogen and oxygen atoms in total. The fraction of sp³-hybridized carbons (Fsp3) is 0.304. The van der Waals surface area contributed by atoms with E-state index in [0.29, 0.717) is 37.5 Å². The molecule has 3 aromatic rings. The van der Waals surface area contributed by atoms with Gasteiger partial charge in [0.2, 0.25) is 0 Å². The molecule has 2 atom stereocenters. The third-order valence-corrected chi connectivity index (χ3v) is 5.54. The molecular weight excluding hydrogens is 402 g/mol. The van der Waals surface area contributed by atoms with Crippen LogP contribution in [0.25, 0.3) is 10.9 Å². The van der Waals surface area contributed by atoms with Crippen molar-refractivity contribution >= 4 is 22.6 Å². The van der Waals surface area contributed by atoms with Gasteiger partial charge in [0.1, 0.15) is 0 Å². The van der Waals surface area contributed by atoms with E-state index in [1.807, 2.05) is 30.3 Å². The molecule has 2 heterocycles. The third-order valence-electron chi connectivity index (χ3n) is 5.54. The van der Waals surface area contributed by atoms with Crippen molar-refractivity contribution in [2.45, 2.75) is 12.0 Å². The fourth-order valence-corrected chi connectivity index (χ4v) is 3.99. The highest BCUT2D eigenvalue weighted by molar-refractivity contribution is 5.92. The lowest BCUT2D eigenvalue weighted by atomic mass is 9.94. The first kappa shape index (κ1) is 21.1. The molecule has 162 valence electrons. The average Bonchev–Trinajstić information content (AvgIpc) is 3.16. The molecule has 2 amide bonds. The van der Waals surface area contributed by atoms with E-state index in [1.165, 1.54) is 6.07 Å². The first-order valence-corrected chi connectivity index (χ1v) is 10.1. The molecule has 0 aliphatic carbocycles. The minimum atomic E-state index is -0.890. The van der Waals surface area contributed by atoms with Gasteiger partial charge < -0.3 is 15.4 Å². The normalized spacial score (nSPS) is 18.9. The summed E-state index contributed by atoms with van der Waals surface area (Å²) in [5.41, 5.74) is 2.07. The molecule has 1 aliphatic heterocycles. The molecule has 0 spiro atoms. The van der Waals surface area contributed by atoms with Crippen LogP contribution >= 0.6 is 0 Å². The molecule has 0 bridgehead atoms. The van der Waals surface area contributed by atoms with E-state index >= 15 is 0 Å². The highest BCUT2D eigenvalue weighted by atomic mass is 19.2. The van der Waals surface area contributed by atoms with Gasteiger partial charge in [-0.05, 0) is 29.8 Å². The predicted molar refractivity (Wildman–Crippen MR) is 115 cm³/mol. The van der Waals surface area contributed by atoms with E-state index in [1.54, 1.807) is 19.4 Å². The summed E-state index contributed by atoms with van der Waals surface area (Å²) in [7, 11) is 1.63. The van der Waals surface area contributed by atoms with Crippen molar-refractivity contribution in [1.82, 2.24) is 15.2 Å². The number of likely N-dealkylation sites (tertiary alicyclic amines) is 1. The van der Waals surface area contributed by atoms with Crippen molar-refractivity contribution in [1.29, 1.82) is 0 Å².